The molecule has 1 N–H and O–H groups in total. The average molecular weight is 282 g/mol. The number of aromatic nitrogens is 3. The molecule has 0 aliphatic heterocycles. The van der Waals surface area contributed by atoms with Gasteiger partial charge in [0.25, 0.3) is 0 Å². The van der Waals surface area contributed by atoms with Gasteiger partial charge in [0.2, 0.25) is 0 Å². The van der Waals surface area contributed by atoms with Gasteiger partial charge in [0.15, 0.2) is 0 Å². The van der Waals surface area contributed by atoms with E-state index in [1.54, 1.807) is 4.68 Å². The molecule has 1 rings (SSSR count). The minimum atomic E-state index is -0.466. The Hall–Kier alpha value is -1.59. The van der Waals surface area contributed by atoms with E-state index in [0.717, 1.165) is 31.5 Å². The lowest BCUT2D eigenvalue weighted by Crippen LogP contribution is -2.39. The summed E-state index contributed by atoms with van der Waals surface area (Å²) < 4.78 is 7.06. The zero-order chi connectivity index (χ0) is 15.2. The number of hydrogen-bond acceptors (Lipinski definition) is 4. The summed E-state index contributed by atoms with van der Waals surface area (Å²) in [5.74, 6) is 0. The van der Waals surface area contributed by atoms with Crippen LogP contribution in [0.2, 0.25) is 0 Å². The summed E-state index contributed by atoms with van der Waals surface area (Å²) in [7, 11) is 0. The topological polar surface area (TPSA) is 69.0 Å². The molecule has 1 unspecified atom stereocenters. The molecule has 1 aromatic heterocycles. The van der Waals surface area contributed by atoms with E-state index in [1.165, 1.54) is 0 Å². The van der Waals surface area contributed by atoms with Crippen molar-refractivity contribution < 1.29 is 9.53 Å². The fraction of sp³-hybridized carbons (Fsp3) is 0.786. The predicted molar refractivity (Wildman–Crippen MR) is 77.5 cm³/mol. The lowest BCUT2D eigenvalue weighted by molar-refractivity contribution is 0.0500. The smallest absolute Gasteiger partial charge is 0.407 e. The van der Waals surface area contributed by atoms with Crippen molar-refractivity contribution in [3.05, 3.63) is 11.9 Å². The molecule has 1 heterocycles. The van der Waals surface area contributed by atoms with Crippen molar-refractivity contribution in [3.63, 3.8) is 0 Å². The number of carbonyl (C=O) groups excluding carboxylic acids is 1. The van der Waals surface area contributed by atoms with E-state index in [0.29, 0.717) is 0 Å². The van der Waals surface area contributed by atoms with Gasteiger partial charge in [-0.2, -0.15) is 0 Å². The monoisotopic (exact) mass is 282 g/mol. The lowest BCUT2D eigenvalue weighted by atomic mass is 10.1. The van der Waals surface area contributed by atoms with Crippen molar-refractivity contribution in [1.29, 1.82) is 0 Å². The molecule has 1 atom stereocenters. The SMILES string of the molecule is CCC(CCc1cn(CC)nn1)NC(=O)OC(C)(C)C. The van der Waals surface area contributed by atoms with Crippen LogP contribution in [0.1, 0.15) is 53.2 Å². The lowest BCUT2D eigenvalue weighted by Gasteiger charge is -2.22. The number of nitrogens with one attached hydrogen (secondary N) is 1. The minimum absolute atomic E-state index is 0.0941. The molecule has 0 saturated carbocycles. The number of alkyl carbamates (subject to hydrolysis) is 1. The highest BCUT2D eigenvalue weighted by Gasteiger charge is 2.18. The van der Waals surface area contributed by atoms with Crippen molar-refractivity contribution >= 4 is 6.09 Å². The van der Waals surface area contributed by atoms with Gasteiger partial charge < -0.3 is 10.1 Å². The molecule has 0 bridgehead atoms. The first-order chi connectivity index (χ1) is 9.34. The number of nitrogens with zero attached hydrogens (tertiary/aromatic N) is 3. The molecule has 0 aliphatic carbocycles. The second kappa shape index (κ2) is 7.26. The molecule has 114 valence electrons. The first-order valence-corrected chi connectivity index (χ1v) is 7.22. The Labute approximate surface area is 120 Å². The molecule has 0 radical (unpaired) electrons. The van der Waals surface area contributed by atoms with E-state index < -0.39 is 5.60 Å². The predicted octanol–water partition coefficient (Wildman–Crippen LogP) is 2.53. The van der Waals surface area contributed by atoms with Gasteiger partial charge in [0.05, 0.1) is 5.69 Å². The van der Waals surface area contributed by atoms with Crippen LogP contribution in [0.5, 0.6) is 0 Å². The Balaban J connectivity index is 2.41. The maximum Gasteiger partial charge on any atom is 0.407 e. The summed E-state index contributed by atoms with van der Waals surface area (Å²) in [5.41, 5.74) is 0.489. The van der Waals surface area contributed by atoms with Crippen molar-refractivity contribution in [2.24, 2.45) is 0 Å². The van der Waals surface area contributed by atoms with Gasteiger partial charge in [0, 0.05) is 18.8 Å². The van der Waals surface area contributed by atoms with Gasteiger partial charge >= 0.3 is 6.09 Å². The van der Waals surface area contributed by atoms with Crippen LogP contribution in [0.15, 0.2) is 6.20 Å². The van der Waals surface area contributed by atoms with Crippen LogP contribution in [0.25, 0.3) is 0 Å². The van der Waals surface area contributed by atoms with E-state index >= 15 is 0 Å². The van der Waals surface area contributed by atoms with E-state index in [1.807, 2.05) is 40.8 Å². The molecule has 0 spiro atoms. The molecule has 0 aromatic carbocycles. The number of aryl methyl sites for hydroxylation is 2. The summed E-state index contributed by atoms with van der Waals surface area (Å²) in [5, 5.41) is 11.0. The molecule has 1 amide bonds. The van der Waals surface area contributed by atoms with E-state index in [2.05, 4.69) is 15.6 Å². The maximum atomic E-state index is 11.7. The zero-order valence-electron chi connectivity index (χ0n) is 13.1. The van der Waals surface area contributed by atoms with Crippen LogP contribution in [0, 0.1) is 0 Å². The molecule has 0 fully saturated rings. The Morgan fingerprint density at radius 2 is 2.15 bits per heavy atom. The summed E-state index contributed by atoms with van der Waals surface area (Å²) in [6, 6.07) is 0.0941. The summed E-state index contributed by atoms with van der Waals surface area (Å²) >= 11 is 0. The Kier molecular flexibility index (Phi) is 5.98. The Morgan fingerprint density at radius 1 is 1.45 bits per heavy atom. The van der Waals surface area contributed by atoms with Crippen LogP contribution < -0.4 is 5.32 Å². The highest BCUT2D eigenvalue weighted by Crippen LogP contribution is 2.09. The summed E-state index contributed by atoms with van der Waals surface area (Å²) in [6.07, 6.45) is 4.08. The number of carbonyl (C=O) groups is 1. The minimum Gasteiger partial charge on any atom is -0.444 e. The van der Waals surface area contributed by atoms with Gasteiger partial charge in [-0.25, -0.2) is 4.79 Å². The zero-order valence-corrected chi connectivity index (χ0v) is 13.1. The molecule has 20 heavy (non-hydrogen) atoms. The van der Waals surface area contributed by atoms with Crippen molar-refractivity contribution in [2.75, 3.05) is 0 Å². The average Bonchev–Trinajstić information content (AvgIpc) is 2.80. The molecule has 0 aliphatic rings. The van der Waals surface area contributed by atoms with Gasteiger partial charge in [-0.05, 0) is 47.0 Å². The molecule has 6 heteroatoms. The molecule has 0 saturated heterocycles. The number of rotatable bonds is 6. The van der Waals surface area contributed by atoms with Gasteiger partial charge in [-0.3, -0.25) is 4.68 Å². The second-order valence-electron chi connectivity index (χ2n) is 5.86. The molecule has 1 aromatic rings. The van der Waals surface area contributed by atoms with Crippen molar-refractivity contribution in [2.45, 2.75) is 72.1 Å². The fourth-order valence-corrected chi connectivity index (χ4v) is 1.78. The van der Waals surface area contributed by atoms with Crippen LogP contribution in [-0.4, -0.2) is 32.7 Å². The van der Waals surface area contributed by atoms with Crippen LogP contribution >= 0.6 is 0 Å². The Bertz CT molecular complexity index is 423. The standard InChI is InChI=1S/C14H26N4O2/c1-6-11(15-13(19)20-14(3,4)5)8-9-12-10-18(7-2)17-16-12/h10-11H,6-9H2,1-5H3,(H,15,19). The first-order valence-electron chi connectivity index (χ1n) is 7.22. The summed E-state index contributed by atoms with van der Waals surface area (Å²) in [4.78, 5) is 11.7. The van der Waals surface area contributed by atoms with Gasteiger partial charge in [-0.1, -0.05) is 12.1 Å². The fourth-order valence-electron chi connectivity index (χ4n) is 1.78. The molecule has 6 nitrogen and oxygen atoms in total. The normalized spacial score (nSPS) is 13.1. The van der Waals surface area contributed by atoms with Crippen LogP contribution in [0.3, 0.4) is 0 Å². The molecular weight excluding hydrogens is 256 g/mol. The third kappa shape index (κ3) is 6.04. The number of amides is 1. The highest BCUT2D eigenvalue weighted by atomic mass is 16.6. The maximum absolute atomic E-state index is 11.7. The van der Waals surface area contributed by atoms with Crippen LogP contribution in [0.4, 0.5) is 4.79 Å². The van der Waals surface area contributed by atoms with E-state index in [-0.39, 0.29) is 12.1 Å². The van der Waals surface area contributed by atoms with Gasteiger partial charge in [0.1, 0.15) is 5.60 Å². The number of ether oxygens (including phenoxy) is 1. The quantitative estimate of drug-likeness (QED) is 0.870. The van der Waals surface area contributed by atoms with Crippen molar-refractivity contribution in [1.82, 2.24) is 20.3 Å². The third-order valence-electron chi connectivity index (χ3n) is 2.87. The second-order valence-corrected chi connectivity index (χ2v) is 5.86. The summed E-state index contributed by atoms with van der Waals surface area (Å²) in [6.45, 7) is 10.5. The van der Waals surface area contributed by atoms with Crippen molar-refractivity contribution in [3.8, 4) is 0 Å². The Morgan fingerprint density at radius 3 is 2.65 bits per heavy atom. The molecular formula is C14H26N4O2. The van der Waals surface area contributed by atoms with Crippen LogP contribution in [-0.2, 0) is 17.7 Å². The largest absolute Gasteiger partial charge is 0.444 e. The first kappa shape index (κ1) is 16.5. The van der Waals surface area contributed by atoms with E-state index in [9.17, 15) is 4.79 Å². The van der Waals surface area contributed by atoms with Gasteiger partial charge in [-0.15, -0.1) is 5.10 Å². The highest BCUT2D eigenvalue weighted by molar-refractivity contribution is 5.68. The number of hydrogen-bond donors (Lipinski definition) is 1. The van der Waals surface area contributed by atoms with E-state index in [4.69, 9.17) is 4.74 Å². The third-order valence-corrected chi connectivity index (χ3v) is 2.87.